The first-order valence-corrected chi connectivity index (χ1v) is 6.10. The van der Waals surface area contributed by atoms with Crippen LogP contribution in [0.15, 0.2) is 6.07 Å². The second-order valence-electron chi connectivity index (χ2n) is 5.21. The lowest BCUT2D eigenvalue weighted by Crippen LogP contribution is -2.42. The topological polar surface area (TPSA) is 46.2 Å². The summed E-state index contributed by atoms with van der Waals surface area (Å²) in [7, 11) is 0. The summed E-state index contributed by atoms with van der Waals surface area (Å²) in [6.07, 6.45) is 3.39. The highest BCUT2D eigenvalue weighted by Gasteiger charge is 2.24. The van der Waals surface area contributed by atoms with E-state index >= 15 is 0 Å². The fraction of sp³-hybridized carbons (Fsp3) is 0.538. The van der Waals surface area contributed by atoms with Crippen LogP contribution in [-0.4, -0.2) is 12.0 Å². The maximum absolute atomic E-state index is 9.92. The number of hydrogen-bond donors (Lipinski definition) is 2. The molecule has 86 valence electrons. The molecule has 1 aliphatic carbocycles. The van der Waals surface area contributed by atoms with E-state index in [4.69, 9.17) is 5.64 Å². The van der Waals surface area contributed by atoms with Crippen LogP contribution < -0.4 is 11.1 Å². The van der Waals surface area contributed by atoms with E-state index in [0.29, 0.717) is 5.75 Å². The number of aromatic hydroxyl groups is 1. The van der Waals surface area contributed by atoms with Crippen LogP contribution in [0.4, 0.5) is 0 Å². The average Bonchev–Trinajstić information content (AvgIpc) is 2.20. The Hall–Kier alpha value is -0.955. The molecule has 0 fully saturated rings. The first-order chi connectivity index (χ1) is 7.50. The summed E-state index contributed by atoms with van der Waals surface area (Å²) in [6.45, 7) is 6.26. The molecule has 1 aromatic carbocycles. The number of benzene rings is 1. The van der Waals surface area contributed by atoms with Gasteiger partial charge in [-0.15, -0.1) is 0 Å². The second kappa shape index (κ2) is 4.13. The number of hydrogen-bond acceptors (Lipinski definition) is 2. The van der Waals surface area contributed by atoms with E-state index in [-0.39, 0.29) is 6.85 Å². The van der Waals surface area contributed by atoms with Gasteiger partial charge < -0.3 is 10.8 Å². The van der Waals surface area contributed by atoms with Gasteiger partial charge in [-0.1, -0.05) is 19.2 Å². The Balaban J connectivity index is 2.60. The number of phenols is 1. The summed E-state index contributed by atoms with van der Waals surface area (Å²) < 4.78 is 0. The summed E-state index contributed by atoms with van der Waals surface area (Å²) in [4.78, 5) is 0. The van der Waals surface area contributed by atoms with E-state index in [2.05, 4.69) is 6.92 Å². The molecular formula is C13H20BNO. The van der Waals surface area contributed by atoms with Gasteiger partial charge in [0.25, 0.3) is 0 Å². The number of fused-ring (bicyclic) bond motifs is 1. The number of aryl methyl sites for hydroxylation is 1. The maximum Gasteiger partial charge on any atom is 0.249 e. The first-order valence-electron chi connectivity index (χ1n) is 6.10. The molecule has 0 amide bonds. The molecule has 0 aromatic heterocycles. The van der Waals surface area contributed by atoms with Crippen LogP contribution >= 0.6 is 0 Å². The molecule has 1 atom stereocenters. The van der Waals surface area contributed by atoms with Crippen molar-refractivity contribution in [2.75, 3.05) is 0 Å². The Morgan fingerprint density at radius 3 is 2.81 bits per heavy atom. The molecular weight excluding hydrogens is 197 g/mol. The van der Waals surface area contributed by atoms with Crippen molar-refractivity contribution >= 4 is 12.3 Å². The van der Waals surface area contributed by atoms with E-state index in [0.717, 1.165) is 24.3 Å². The molecule has 0 bridgehead atoms. The van der Waals surface area contributed by atoms with Crippen molar-refractivity contribution in [3.05, 3.63) is 22.8 Å². The molecule has 0 saturated carbocycles. The van der Waals surface area contributed by atoms with Gasteiger partial charge in [0.15, 0.2) is 0 Å². The SMILES string of the molecule is CB(N)c1c(C)c(O)cc2c1CC(C)CC2. The highest BCUT2D eigenvalue weighted by atomic mass is 16.3. The van der Waals surface area contributed by atoms with Crippen LogP contribution in [0.1, 0.15) is 30.0 Å². The fourth-order valence-corrected chi connectivity index (χ4v) is 2.83. The third kappa shape index (κ3) is 1.84. The molecule has 16 heavy (non-hydrogen) atoms. The summed E-state index contributed by atoms with van der Waals surface area (Å²) in [5.41, 5.74) is 10.9. The van der Waals surface area contributed by atoms with Gasteiger partial charge in [-0.2, -0.15) is 0 Å². The number of nitrogens with two attached hydrogens (primary N) is 1. The van der Waals surface area contributed by atoms with Gasteiger partial charge in [-0.05, 0) is 54.9 Å². The zero-order valence-corrected chi connectivity index (χ0v) is 10.4. The minimum Gasteiger partial charge on any atom is -0.508 e. The average molecular weight is 217 g/mol. The molecule has 1 aliphatic rings. The minimum absolute atomic E-state index is 0.00569. The van der Waals surface area contributed by atoms with Gasteiger partial charge in [0, 0.05) is 0 Å². The van der Waals surface area contributed by atoms with Crippen LogP contribution in [0.5, 0.6) is 5.75 Å². The molecule has 0 heterocycles. The van der Waals surface area contributed by atoms with Crippen molar-refractivity contribution in [3.8, 4) is 5.75 Å². The molecule has 1 unspecified atom stereocenters. The predicted molar refractivity (Wildman–Crippen MR) is 69.5 cm³/mol. The molecule has 1 aromatic rings. The van der Waals surface area contributed by atoms with Crippen molar-refractivity contribution in [2.24, 2.45) is 11.6 Å². The van der Waals surface area contributed by atoms with E-state index in [1.807, 2.05) is 19.8 Å². The highest BCUT2D eigenvalue weighted by Crippen LogP contribution is 2.29. The van der Waals surface area contributed by atoms with Crippen LogP contribution in [0.25, 0.3) is 0 Å². The quantitative estimate of drug-likeness (QED) is 0.702. The van der Waals surface area contributed by atoms with Crippen molar-refractivity contribution in [1.82, 2.24) is 0 Å². The zero-order valence-electron chi connectivity index (χ0n) is 10.4. The normalized spacial score (nSPS) is 19.4. The Kier molecular flexibility index (Phi) is 2.98. The number of rotatable bonds is 1. The standard InChI is InChI=1S/C13H20BNO/c1-8-4-5-10-7-12(16)9(2)13(14(3)15)11(10)6-8/h7-8,16H,4-6,15H2,1-3H3. The Morgan fingerprint density at radius 1 is 1.50 bits per heavy atom. The first kappa shape index (κ1) is 11.5. The third-order valence-electron chi connectivity index (χ3n) is 3.73. The Morgan fingerprint density at radius 2 is 2.19 bits per heavy atom. The fourth-order valence-electron chi connectivity index (χ4n) is 2.83. The smallest absolute Gasteiger partial charge is 0.249 e. The summed E-state index contributed by atoms with van der Waals surface area (Å²) in [6, 6.07) is 1.93. The van der Waals surface area contributed by atoms with Gasteiger partial charge >= 0.3 is 0 Å². The molecule has 0 saturated heterocycles. The summed E-state index contributed by atoms with van der Waals surface area (Å²) in [5.74, 6) is 1.13. The molecule has 2 nitrogen and oxygen atoms in total. The molecule has 0 aliphatic heterocycles. The van der Waals surface area contributed by atoms with E-state index < -0.39 is 0 Å². The van der Waals surface area contributed by atoms with Gasteiger partial charge in [-0.3, -0.25) is 0 Å². The largest absolute Gasteiger partial charge is 0.508 e. The molecule has 0 spiro atoms. The van der Waals surface area contributed by atoms with E-state index in [1.165, 1.54) is 23.0 Å². The van der Waals surface area contributed by atoms with Crippen molar-refractivity contribution in [1.29, 1.82) is 0 Å². The summed E-state index contributed by atoms with van der Waals surface area (Å²) in [5, 5.41) is 9.92. The van der Waals surface area contributed by atoms with Gasteiger partial charge in [0.2, 0.25) is 6.85 Å². The van der Waals surface area contributed by atoms with Crippen LogP contribution in [0, 0.1) is 12.8 Å². The number of phenolic OH excluding ortho intramolecular Hbond substituents is 1. The van der Waals surface area contributed by atoms with Crippen molar-refractivity contribution < 1.29 is 5.11 Å². The van der Waals surface area contributed by atoms with Crippen molar-refractivity contribution in [2.45, 2.75) is 39.9 Å². The second-order valence-corrected chi connectivity index (χ2v) is 5.21. The Bertz CT molecular complexity index is 415. The monoisotopic (exact) mass is 217 g/mol. The van der Waals surface area contributed by atoms with Gasteiger partial charge in [0.1, 0.15) is 5.75 Å². The maximum atomic E-state index is 9.92. The molecule has 2 rings (SSSR count). The Labute approximate surface area is 98.0 Å². The molecule has 3 N–H and O–H groups in total. The predicted octanol–water partition coefficient (Wildman–Crippen LogP) is 1.61. The van der Waals surface area contributed by atoms with Crippen molar-refractivity contribution in [3.63, 3.8) is 0 Å². The third-order valence-corrected chi connectivity index (χ3v) is 3.73. The van der Waals surface area contributed by atoms with Gasteiger partial charge in [0.05, 0.1) is 0 Å². The van der Waals surface area contributed by atoms with Crippen LogP contribution in [0.2, 0.25) is 6.82 Å². The minimum atomic E-state index is 0.00569. The zero-order chi connectivity index (χ0) is 11.9. The highest BCUT2D eigenvalue weighted by molar-refractivity contribution is 6.70. The molecule has 3 heteroatoms. The van der Waals surface area contributed by atoms with E-state index in [1.54, 1.807) is 0 Å². The molecule has 0 radical (unpaired) electrons. The van der Waals surface area contributed by atoms with E-state index in [9.17, 15) is 5.11 Å². The summed E-state index contributed by atoms with van der Waals surface area (Å²) >= 11 is 0. The lowest BCUT2D eigenvalue weighted by molar-refractivity contribution is 0.464. The van der Waals surface area contributed by atoms with Crippen LogP contribution in [0.3, 0.4) is 0 Å². The lowest BCUT2D eigenvalue weighted by Gasteiger charge is -2.27. The van der Waals surface area contributed by atoms with Crippen LogP contribution in [-0.2, 0) is 12.8 Å². The van der Waals surface area contributed by atoms with Gasteiger partial charge in [-0.25, -0.2) is 0 Å². The lowest BCUT2D eigenvalue weighted by atomic mass is 9.55.